The van der Waals surface area contributed by atoms with E-state index in [1.807, 2.05) is 29.0 Å². The molecule has 1 heterocycles. The third-order valence-electron chi connectivity index (χ3n) is 3.41. The second-order valence-corrected chi connectivity index (χ2v) is 4.76. The minimum absolute atomic E-state index is 0.324. The molecule has 100 valence electrons. The Hall–Kier alpha value is -2.55. The molecule has 0 spiro atoms. The van der Waals surface area contributed by atoms with E-state index in [4.69, 9.17) is 4.74 Å². The van der Waals surface area contributed by atoms with Crippen LogP contribution < -0.4 is 0 Å². The summed E-state index contributed by atoms with van der Waals surface area (Å²) < 4.78 is 6.87. The fourth-order valence-corrected chi connectivity index (χ4v) is 2.44. The van der Waals surface area contributed by atoms with Gasteiger partial charge in [0.15, 0.2) is 0 Å². The lowest BCUT2D eigenvalue weighted by atomic mass is 10.1. The van der Waals surface area contributed by atoms with Crippen LogP contribution >= 0.6 is 0 Å². The Labute approximate surface area is 117 Å². The van der Waals surface area contributed by atoms with Gasteiger partial charge in [-0.25, -0.2) is 4.79 Å². The molecule has 0 saturated heterocycles. The minimum Gasteiger partial charge on any atom is -0.465 e. The predicted molar refractivity (Wildman–Crippen MR) is 79.4 cm³/mol. The number of benzene rings is 2. The van der Waals surface area contributed by atoms with Crippen LogP contribution in [0.15, 0.2) is 54.7 Å². The van der Waals surface area contributed by atoms with Gasteiger partial charge in [0.05, 0.1) is 23.9 Å². The third kappa shape index (κ3) is 1.97. The van der Waals surface area contributed by atoms with Gasteiger partial charge in [0.25, 0.3) is 0 Å². The molecule has 0 fully saturated rings. The van der Waals surface area contributed by atoms with Crippen molar-refractivity contribution >= 4 is 16.9 Å². The topological polar surface area (TPSA) is 31.2 Å². The molecule has 3 rings (SSSR count). The molecule has 0 amide bonds. The summed E-state index contributed by atoms with van der Waals surface area (Å²) in [5.41, 5.74) is 3.69. The first-order valence-corrected chi connectivity index (χ1v) is 6.46. The summed E-state index contributed by atoms with van der Waals surface area (Å²) >= 11 is 0. The monoisotopic (exact) mass is 265 g/mol. The highest BCUT2D eigenvalue weighted by molar-refractivity contribution is 5.94. The number of ether oxygens (including phenoxy) is 1. The Kier molecular flexibility index (Phi) is 3.03. The van der Waals surface area contributed by atoms with Gasteiger partial charge in [0, 0.05) is 11.6 Å². The van der Waals surface area contributed by atoms with E-state index in [0.717, 1.165) is 16.6 Å². The average molecular weight is 265 g/mol. The average Bonchev–Trinajstić information content (AvgIpc) is 2.89. The first-order chi connectivity index (χ1) is 9.70. The molecule has 1 aromatic heterocycles. The molecule has 0 unspecified atom stereocenters. The number of rotatable bonds is 2. The van der Waals surface area contributed by atoms with Gasteiger partial charge in [-0.1, -0.05) is 23.8 Å². The number of para-hydroxylation sites is 1. The molecule has 3 heteroatoms. The maximum atomic E-state index is 11.9. The van der Waals surface area contributed by atoms with Crippen LogP contribution in [0.2, 0.25) is 0 Å². The van der Waals surface area contributed by atoms with Gasteiger partial charge in [-0.15, -0.1) is 0 Å². The van der Waals surface area contributed by atoms with E-state index < -0.39 is 0 Å². The lowest BCUT2D eigenvalue weighted by Gasteiger charge is -2.10. The smallest absolute Gasteiger partial charge is 0.339 e. The number of esters is 1. The van der Waals surface area contributed by atoms with Crippen LogP contribution in [-0.2, 0) is 4.74 Å². The second kappa shape index (κ2) is 4.85. The Bertz CT molecular complexity index is 787. The number of carbonyl (C=O) groups excluding carboxylic acids is 1. The normalized spacial score (nSPS) is 10.7. The number of hydrogen-bond donors (Lipinski definition) is 0. The van der Waals surface area contributed by atoms with Crippen molar-refractivity contribution < 1.29 is 9.53 Å². The van der Waals surface area contributed by atoms with Crippen molar-refractivity contribution in [2.75, 3.05) is 7.11 Å². The molecule has 3 nitrogen and oxygen atoms in total. The van der Waals surface area contributed by atoms with Crippen LogP contribution in [0.3, 0.4) is 0 Å². The van der Waals surface area contributed by atoms with Crippen LogP contribution in [-0.4, -0.2) is 17.6 Å². The number of methoxy groups -OCH3 is 1. The quantitative estimate of drug-likeness (QED) is 0.661. The Morgan fingerprint density at radius 1 is 1.10 bits per heavy atom. The zero-order valence-electron chi connectivity index (χ0n) is 11.5. The number of carbonyl (C=O) groups is 1. The summed E-state index contributed by atoms with van der Waals surface area (Å²) in [5, 5.41) is 1.16. The van der Waals surface area contributed by atoms with Gasteiger partial charge >= 0.3 is 5.97 Å². The molecule has 0 aliphatic carbocycles. The van der Waals surface area contributed by atoms with Crippen LogP contribution in [0.5, 0.6) is 0 Å². The zero-order chi connectivity index (χ0) is 14.1. The van der Waals surface area contributed by atoms with Crippen LogP contribution in [0.1, 0.15) is 15.9 Å². The van der Waals surface area contributed by atoms with Crippen molar-refractivity contribution in [2.24, 2.45) is 0 Å². The Morgan fingerprint density at radius 3 is 2.70 bits per heavy atom. The van der Waals surface area contributed by atoms with Crippen molar-refractivity contribution in [3.05, 3.63) is 65.9 Å². The number of hydrogen-bond acceptors (Lipinski definition) is 2. The van der Waals surface area contributed by atoms with E-state index in [0.29, 0.717) is 5.56 Å². The summed E-state index contributed by atoms with van der Waals surface area (Å²) in [6, 6.07) is 15.8. The van der Waals surface area contributed by atoms with E-state index in [1.54, 1.807) is 6.07 Å². The lowest BCUT2D eigenvalue weighted by molar-refractivity contribution is 0.0601. The van der Waals surface area contributed by atoms with Crippen molar-refractivity contribution in [3.63, 3.8) is 0 Å². The fraction of sp³-hybridized carbons (Fsp3) is 0.118. The molecule has 0 radical (unpaired) electrons. The van der Waals surface area contributed by atoms with E-state index in [2.05, 4.69) is 31.2 Å². The molecule has 0 atom stereocenters. The van der Waals surface area contributed by atoms with Crippen LogP contribution in [0.4, 0.5) is 0 Å². The van der Waals surface area contributed by atoms with E-state index in [1.165, 1.54) is 12.7 Å². The molecule has 3 aromatic rings. The predicted octanol–water partition coefficient (Wildman–Crippen LogP) is 3.73. The summed E-state index contributed by atoms with van der Waals surface area (Å²) in [5.74, 6) is -0.324. The molecule has 2 aromatic carbocycles. The summed E-state index contributed by atoms with van der Waals surface area (Å²) in [6.07, 6.45) is 1.98. The number of nitrogens with zero attached hydrogens (tertiary/aromatic N) is 1. The number of aromatic nitrogens is 1. The molecular formula is C17H15NO2. The van der Waals surface area contributed by atoms with Gasteiger partial charge in [-0.2, -0.15) is 0 Å². The molecular weight excluding hydrogens is 250 g/mol. The lowest BCUT2D eigenvalue weighted by Crippen LogP contribution is -2.07. The van der Waals surface area contributed by atoms with Gasteiger partial charge in [-0.05, 0) is 37.3 Å². The fourth-order valence-electron chi connectivity index (χ4n) is 2.44. The molecule has 20 heavy (non-hydrogen) atoms. The Morgan fingerprint density at radius 2 is 1.90 bits per heavy atom. The molecule has 0 saturated carbocycles. The minimum atomic E-state index is -0.324. The molecule has 0 aliphatic rings. The SMILES string of the molecule is COC(=O)c1ccccc1-n1ccc2cc(C)ccc21. The maximum Gasteiger partial charge on any atom is 0.339 e. The van der Waals surface area contributed by atoms with E-state index in [-0.39, 0.29) is 5.97 Å². The van der Waals surface area contributed by atoms with Crippen molar-refractivity contribution in [1.29, 1.82) is 0 Å². The maximum absolute atomic E-state index is 11.9. The van der Waals surface area contributed by atoms with Gasteiger partial charge < -0.3 is 9.30 Å². The van der Waals surface area contributed by atoms with Crippen molar-refractivity contribution in [3.8, 4) is 5.69 Å². The summed E-state index contributed by atoms with van der Waals surface area (Å²) in [6.45, 7) is 2.07. The van der Waals surface area contributed by atoms with Crippen LogP contribution in [0.25, 0.3) is 16.6 Å². The summed E-state index contributed by atoms with van der Waals surface area (Å²) in [7, 11) is 1.40. The van der Waals surface area contributed by atoms with Crippen molar-refractivity contribution in [2.45, 2.75) is 6.92 Å². The van der Waals surface area contributed by atoms with Gasteiger partial charge in [-0.3, -0.25) is 0 Å². The molecule has 0 aliphatic heterocycles. The molecule has 0 bridgehead atoms. The standard InChI is InChI=1S/C17H15NO2/c1-12-7-8-15-13(11-12)9-10-18(15)16-6-4-3-5-14(16)17(19)20-2/h3-11H,1-2H3. The van der Waals surface area contributed by atoms with Crippen molar-refractivity contribution in [1.82, 2.24) is 4.57 Å². The second-order valence-electron chi connectivity index (χ2n) is 4.76. The van der Waals surface area contributed by atoms with E-state index in [9.17, 15) is 4.79 Å². The van der Waals surface area contributed by atoms with Gasteiger partial charge in [0.2, 0.25) is 0 Å². The highest BCUT2D eigenvalue weighted by atomic mass is 16.5. The zero-order valence-corrected chi connectivity index (χ0v) is 11.5. The first-order valence-electron chi connectivity index (χ1n) is 6.46. The van der Waals surface area contributed by atoms with E-state index >= 15 is 0 Å². The number of aryl methyl sites for hydroxylation is 1. The van der Waals surface area contributed by atoms with Crippen LogP contribution in [0, 0.1) is 6.92 Å². The third-order valence-corrected chi connectivity index (χ3v) is 3.41. The molecule has 0 N–H and O–H groups in total. The highest BCUT2D eigenvalue weighted by Gasteiger charge is 2.13. The van der Waals surface area contributed by atoms with Gasteiger partial charge in [0.1, 0.15) is 0 Å². The Balaban J connectivity index is 2.24. The largest absolute Gasteiger partial charge is 0.465 e. The number of fused-ring (bicyclic) bond motifs is 1. The summed E-state index contributed by atoms with van der Waals surface area (Å²) in [4.78, 5) is 11.9. The first kappa shape index (κ1) is 12.5. The highest BCUT2D eigenvalue weighted by Crippen LogP contribution is 2.24.